The smallest absolute Gasteiger partial charge is 0.262 e. The lowest BCUT2D eigenvalue weighted by molar-refractivity contribution is -0.124. The number of nitrogens with one attached hydrogen (secondary N) is 1. The highest BCUT2D eigenvalue weighted by atomic mass is 16.2. The van der Waals surface area contributed by atoms with Gasteiger partial charge in [0.25, 0.3) is 11.8 Å². The van der Waals surface area contributed by atoms with Gasteiger partial charge in [0.2, 0.25) is 5.91 Å². The number of imidazole rings is 1. The van der Waals surface area contributed by atoms with Gasteiger partial charge in [-0.05, 0) is 37.6 Å². The average Bonchev–Trinajstić information content (AvgIpc) is 3.20. The number of nitrogens with zero attached hydrogens (tertiary/aromatic N) is 3. The zero-order valence-corrected chi connectivity index (χ0v) is 15.0. The van der Waals surface area contributed by atoms with E-state index in [1.54, 1.807) is 31.2 Å². The van der Waals surface area contributed by atoms with Crippen LogP contribution in [0, 0.1) is 6.92 Å². The predicted molar refractivity (Wildman–Crippen MR) is 98.2 cm³/mol. The summed E-state index contributed by atoms with van der Waals surface area (Å²) < 4.78 is 1.89. The SMILES string of the molecule is Cc1cccn2cc(CNC(=O)C(C)N3C(=O)c4ccccc4C3=O)nc12. The van der Waals surface area contributed by atoms with Gasteiger partial charge in [-0.3, -0.25) is 19.3 Å². The Bertz CT molecular complexity index is 1050. The highest BCUT2D eigenvalue weighted by Gasteiger charge is 2.40. The Morgan fingerprint density at radius 2 is 1.78 bits per heavy atom. The Morgan fingerprint density at radius 1 is 1.11 bits per heavy atom. The van der Waals surface area contributed by atoms with Gasteiger partial charge in [-0.2, -0.15) is 0 Å². The number of carbonyl (C=O) groups is 3. The third kappa shape index (κ3) is 2.77. The third-order valence-electron chi connectivity index (χ3n) is 4.76. The number of hydrogen-bond acceptors (Lipinski definition) is 4. The van der Waals surface area contributed by atoms with E-state index in [1.165, 1.54) is 0 Å². The Morgan fingerprint density at radius 3 is 2.41 bits per heavy atom. The molecule has 0 saturated heterocycles. The topological polar surface area (TPSA) is 83.8 Å². The molecule has 1 aromatic carbocycles. The summed E-state index contributed by atoms with van der Waals surface area (Å²) in [4.78, 5) is 43.0. The minimum atomic E-state index is -0.906. The highest BCUT2D eigenvalue weighted by molar-refractivity contribution is 6.22. The van der Waals surface area contributed by atoms with Crippen LogP contribution in [0.1, 0.15) is 38.9 Å². The fourth-order valence-corrected chi connectivity index (χ4v) is 3.29. The number of aromatic nitrogens is 2. The molecular formula is C20H18N4O3. The van der Waals surface area contributed by atoms with Crippen molar-refractivity contribution in [2.45, 2.75) is 26.4 Å². The monoisotopic (exact) mass is 362 g/mol. The molecule has 1 N–H and O–H groups in total. The zero-order valence-electron chi connectivity index (χ0n) is 15.0. The van der Waals surface area contributed by atoms with Crippen molar-refractivity contribution >= 4 is 23.4 Å². The van der Waals surface area contributed by atoms with E-state index in [0.29, 0.717) is 16.8 Å². The van der Waals surface area contributed by atoms with Crippen LogP contribution in [0.3, 0.4) is 0 Å². The van der Waals surface area contributed by atoms with E-state index >= 15 is 0 Å². The minimum absolute atomic E-state index is 0.216. The van der Waals surface area contributed by atoms with Gasteiger partial charge in [-0.25, -0.2) is 4.98 Å². The number of benzene rings is 1. The van der Waals surface area contributed by atoms with Crippen LogP contribution in [0.2, 0.25) is 0 Å². The molecule has 27 heavy (non-hydrogen) atoms. The van der Waals surface area contributed by atoms with Gasteiger partial charge in [0.1, 0.15) is 11.7 Å². The van der Waals surface area contributed by atoms with Crippen molar-refractivity contribution in [3.8, 4) is 0 Å². The summed E-state index contributed by atoms with van der Waals surface area (Å²) in [5.41, 5.74) is 3.23. The Kier molecular flexibility index (Phi) is 3.99. The summed E-state index contributed by atoms with van der Waals surface area (Å²) in [6.07, 6.45) is 3.73. The van der Waals surface area contributed by atoms with E-state index in [9.17, 15) is 14.4 Å². The second kappa shape index (κ2) is 6.35. The first-order valence-electron chi connectivity index (χ1n) is 8.65. The predicted octanol–water partition coefficient (Wildman–Crippen LogP) is 1.94. The van der Waals surface area contributed by atoms with Crippen molar-refractivity contribution in [3.05, 3.63) is 71.2 Å². The molecule has 0 aliphatic carbocycles. The molecule has 0 fully saturated rings. The molecule has 1 atom stereocenters. The summed E-state index contributed by atoms with van der Waals surface area (Å²) in [5.74, 6) is -1.29. The standard InChI is InChI=1S/C20H18N4O3/c1-12-6-5-9-23-11-14(22-17(12)23)10-21-18(25)13(2)24-19(26)15-7-3-4-8-16(15)20(24)27/h3-9,11,13H,10H2,1-2H3,(H,21,25). The van der Waals surface area contributed by atoms with Crippen molar-refractivity contribution in [1.82, 2.24) is 19.6 Å². The van der Waals surface area contributed by atoms with E-state index in [1.807, 2.05) is 35.9 Å². The van der Waals surface area contributed by atoms with Crippen LogP contribution in [-0.4, -0.2) is 38.0 Å². The van der Waals surface area contributed by atoms with Crippen LogP contribution in [0.25, 0.3) is 5.65 Å². The molecule has 2 aromatic heterocycles. The molecular weight excluding hydrogens is 344 g/mol. The molecule has 4 rings (SSSR count). The van der Waals surface area contributed by atoms with Crippen molar-refractivity contribution in [3.63, 3.8) is 0 Å². The van der Waals surface area contributed by atoms with Crippen LogP contribution < -0.4 is 5.32 Å². The van der Waals surface area contributed by atoms with E-state index in [4.69, 9.17) is 0 Å². The fraction of sp³-hybridized carbons (Fsp3) is 0.200. The van der Waals surface area contributed by atoms with Crippen molar-refractivity contribution in [2.75, 3.05) is 0 Å². The summed E-state index contributed by atoms with van der Waals surface area (Å²) in [6, 6.07) is 9.58. The number of pyridine rings is 1. The molecule has 136 valence electrons. The number of amides is 3. The highest BCUT2D eigenvalue weighted by Crippen LogP contribution is 2.24. The van der Waals surface area contributed by atoms with Gasteiger partial charge in [-0.1, -0.05) is 18.2 Å². The van der Waals surface area contributed by atoms with Crippen LogP contribution in [-0.2, 0) is 11.3 Å². The van der Waals surface area contributed by atoms with Crippen LogP contribution >= 0.6 is 0 Å². The summed E-state index contributed by atoms with van der Waals surface area (Å²) in [7, 11) is 0. The molecule has 0 radical (unpaired) electrons. The minimum Gasteiger partial charge on any atom is -0.349 e. The third-order valence-corrected chi connectivity index (χ3v) is 4.76. The summed E-state index contributed by atoms with van der Waals surface area (Å²) in [6.45, 7) is 3.73. The van der Waals surface area contributed by atoms with E-state index in [2.05, 4.69) is 10.3 Å². The molecule has 0 bridgehead atoms. The summed E-state index contributed by atoms with van der Waals surface area (Å²) in [5, 5.41) is 2.76. The lowest BCUT2D eigenvalue weighted by Crippen LogP contribution is -2.47. The zero-order chi connectivity index (χ0) is 19.1. The van der Waals surface area contributed by atoms with E-state index < -0.39 is 23.8 Å². The Balaban J connectivity index is 1.47. The first-order chi connectivity index (χ1) is 13.0. The largest absolute Gasteiger partial charge is 0.349 e. The summed E-state index contributed by atoms with van der Waals surface area (Å²) >= 11 is 0. The first kappa shape index (κ1) is 17.0. The fourth-order valence-electron chi connectivity index (χ4n) is 3.29. The number of imide groups is 1. The first-order valence-corrected chi connectivity index (χ1v) is 8.65. The van der Waals surface area contributed by atoms with Crippen LogP contribution in [0.5, 0.6) is 0 Å². The van der Waals surface area contributed by atoms with Gasteiger partial charge in [0, 0.05) is 12.4 Å². The maximum atomic E-state index is 12.5. The second-order valence-electron chi connectivity index (χ2n) is 6.57. The number of rotatable bonds is 4. The van der Waals surface area contributed by atoms with Crippen molar-refractivity contribution in [1.29, 1.82) is 0 Å². The molecule has 7 heteroatoms. The van der Waals surface area contributed by atoms with Gasteiger partial charge in [0.05, 0.1) is 23.4 Å². The molecule has 0 saturated carbocycles. The Labute approximate surface area is 155 Å². The second-order valence-corrected chi connectivity index (χ2v) is 6.57. The van der Waals surface area contributed by atoms with E-state index in [-0.39, 0.29) is 6.54 Å². The molecule has 3 heterocycles. The molecule has 1 aliphatic rings. The molecule has 3 amide bonds. The lowest BCUT2D eigenvalue weighted by atomic mass is 10.1. The van der Waals surface area contributed by atoms with Gasteiger partial charge in [-0.15, -0.1) is 0 Å². The van der Waals surface area contributed by atoms with Crippen molar-refractivity contribution in [2.24, 2.45) is 0 Å². The number of aryl methyl sites for hydroxylation is 1. The van der Waals surface area contributed by atoms with Crippen LogP contribution in [0.4, 0.5) is 0 Å². The molecule has 1 aliphatic heterocycles. The van der Waals surface area contributed by atoms with Gasteiger partial charge < -0.3 is 9.72 Å². The maximum absolute atomic E-state index is 12.5. The molecule has 0 spiro atoms. The number of carbonyl (C=O) groups excluding carboxylic acids is 3. The van der Waals surface area contributed by atoms with E-state index in [0.717, 1.165) is 16.1 Å². The normalized spacial score (nSPS) is 14.5. The van der Waals surface area contributed by atoms with Gasteiger partial charge in [0.15, 0.2) is 0 Å². The average molecular weight is 362 g/mol. The van der Waals surface area contributed by atoms with Gasteiger partial charge >= 0.3 is 0 Å². The molecule has 1 unspecified atom stereocenters. The maximum Gasteiger partial charge on any atom is 0.262 e. The molecule has 7 nitrogen and oxygen atoms in total. The van der Waals surface area contributed by atoms with Crippen molar-refractivity contribution < 1.29 is 14.4 Å². The number of hydrogen-bond donors (Lipinski definition) is 1. The van der Waals surface area contributed by atoms with Crippen LogP contribution in [0.15, 0.2) is 48.8 Å². The quantitative estimate of drug-likeness (QED) is 0.719. The Hall–Kier alpha value is -3.48. The lowest BCUT2D eigenvalue weighted by Gasteiger charge is -2.21. The molecule has 3 aromatic rings. The number of fused-ring (bicyclic) bond motifs is 2.